The van der Waals surface area contributed by atoms with Crippen LogP contribution in [0.25, 0.3) is 10.8 Å². The second-order valence-corrected chi connectivity index (χ2v) is 9.71. The molecule has 0 bridgehead atoms. The minimum Gasteiger partial charge on any atom is -0.485 e. The fourth-order valence-corrected chi connectivity index (χ4v) is 4.93. The third-order valence-corrected chi connectivity index (χ3v) is 7.07. The van der Waals surface area contributed by atoms with Crippen LogP contribution in [0.15, 0.2) is 59.6 Å². The number of aryl methyl sites for hydroxylation is 2. The Kier molecular flexibility index (Phi) is 7.10. The van der Waals surface area contributed by atoms with E-state index in [4.69, 9.17) is 4.74 Å². The van der Waals surface area contributed by atoms with E-state index in [1.165, 1.54) is 28.5 Å². The summed E-state index contributed by atoms with van der Waals surface area (Å²) in [7, 11) is 0. The van der Waals surface area contributed by atoms with Crippen molar-refractivity contribution in [3.63, 3.8) is 0 Å². The molecule has 1 unspecified atom stereocenters. The van der Waals surface area contributed by atoms with Gasteiger partial charge in [-0.25, -0.2) is 4.98 Å². The van der Waals surface area contributed by atoms with Crippen molar-refractivity contribution in [1.29, 1.82) is 0 Å². The minimum atomic E-state index is -0.376. The van der Waals surface area contributed by atoms with Gasteiger partial charge in [0.15, 0.2) is 16.1 Å². The lowest BCUT2D eigenvalue weighted by Crippen LogP contribution is -2.23. The van der Waals surface area contributed by atoms with E-state index < -0.39 is 0 Å². The number of hydrogen-bond acceptors (Lipinski definition) is 7. The van der Waals surface area contributed by atoms with Crippen LogP contribution in [0.5, 0.6) is 5.75 Å². The summed E-state index contributed by atoms with van der Waals surface area (Å²) in [5, 5.41) is 16.6. The number of allylic oxidation sites excluding steroid dienone is 1. The molecule has 2 aromatic carbocycles. The van der Waals surface area contributed by atoms with Crippen LogP contribution < -0.4 is 10.1 Å². The van der Waals surface area contributed by atoms with E-state index in [9.17, 15) is 4.79 Å². The summed E-state index contributed by atoms with van der Waals surface area (Å²) >= 11 is 2.75. The third-order valence-electron chi connectivity index (χ3n) is 5.11. The Morgan fingerprint density at radius 2 is 2.09 bits per heavy atom. The number of fused-ring (bicyclic) bond motifs is 1. The summed E-state index contributed by atoms with van der Waals surface area (Å²) in [4.78, 5) is 16.9. The fraction of sp³-hybridized carbons (Fsp3) is 0.250. The van der Waals surface area contributed by atoms with Crippen LogP contribution in [0, 0.1) is 13.8 Å². The molecule has 0 spiro atoms. The number of carbonyl (C=O) groups excluding carboxylic acids is 1. The highest BCUT2D eigenvalue weighted by molar-refractivity contribution is 8.00. The maximum atomic E-state index is 12.6. The lowest BCUT2D eigenvalue weighted by Gasteiger charge is -2.13. The molecule has 0 radical (unpaired) electrons. The van der Waals surface area contributed by atoms with Crippen molar-refractivity contribution in [2.24, 2.45) is 0 Å². The molecule has 0 saturated heterocycles. The lowest BCUT2D eigenvalue weighted by atomic mass is 10.0. The number of hydrogen-bond donors (Lipinski definition) is 1. The molecule has 170 valence electrons. The van der Waals surface area contributed by atoms with Gasteiger partial charge in [0.25, 0.3) is 0 Å². The molecular weight excluding hydrogens is 454 g/mol. The summed E-state index contributed by atoms with van der Waals surface area (Å²) in [6, 6.07) is 12.3. The quantitative estimate of drug-likeness (QED) is 0.256. The van der Waals surface area contributed by atoms with Gasteiger partial charge in [-0.3, -0.25) is 9.36 Å². The third kappa shape index (κ3) is 5.26. The Labute approximate surface area is 200 Å². The van der Waals surface area contributed by atoms with E-state index in [0.717, 1.165) is 22.4 Å². The summed E-state index contributed by atoms with van der Waals surface area (Å²) in [5.74, 6) is 1.35. The van der Waals surface area contributed by atoms with Crippen LogP contribution in [-0.2, 0) is 17.9 Å². The number of thioether (sulfide) groups is 1. The van der Waals surface area contributed by atoms with Crippen molar-refractivity contribution in [2.45, 2.75) is 44.3 Å². The predicted octanol–water partition coefficient (Wildman–Crippen LogP) is 5.39. The second-order valence-electron chi connectivity index (χ2n) is 7.54. The number of aromatic nitrogens is 4. The smallest absolute Gasteiger partial charge is 0.239 e. The number of amides is 1. The van der Waals surface area contributed by atoms with Crippen molar-refractivity contribution in [1.82, 2.24) is 19.7 Å². The van der Waals surface area contributed by atoms with Crippen LogP contribution in [-0.4, -0.2) is 30.9 Å². The van der Waals surface area contributed by atoms with Crippen LogP contribution in [0.3, 0.4) is 0 Å². The summed E-state index contributed by atoms with van der Waals surface area (Å²) in [6.07, 6.45) is 1.78. The van der Waals surface area contributed by atoms with Crippen LogP contribution in [0.2, 0.25) is 0 Å². The highest BCUT2D eigenvalue weighted by Gasteiger charge is 2.21. The van der Waals surface area contributed by atoms with Gasteiger partial charge in [0.2, 0.25) is 5.91 Å². The van der Waals surface area contributed by atoms with Crippen molar-refractivity contribution in [3.05, 3.63) is 71.5 Å². The molecule has 0 saturated carbocycles. The van der Waals surface area contributed by atoms with Crippen LogP contribution in [0.1, 0.15) is 24.0 Å². The van der Waals surface area contributed by atoms with Crippen molar-refractivity contribution in [3.8, 4) is 5.75 Å². The van der Waals surface area contributed by atoms with Crippen molar-refractivity contribution < 1.29 is 9.53 Å². The van der Waals surface area contributed by atoms with Gasteiger partial charge in [-0.15, -0.1) is 28.1 Å². The summed E-state index contributed by atoms with van der Waals surface area (Å²) in [6.45, 7) is 10.4. The zero-order valence-corrected chi connectivity index (χ0v) is 20.4. The minimum absolute atomic E-state index is 0.132. The van der Waals surface area contributed by atoms with Crippen LogP contribution in [0.4, 0.5) is 5.13 Å². The van der Waals surface area contributed by atoms with E-state index in [1.54, 1.807) is 6.08 Å². The highest BCUT2D eigenvalue weighted by Crippen LogP contribution is 2.29. The Morgan fingerprint density at radius 1 is 1.27 bits per heavy atom. The van der Waals surface area contributed by atoms with E-state index >= 15 is 0 Å². The van der Waals surface area contributed by atoms with Gasteiger partial charge < -0.3 is 10.1 Å². The normalized spacial score (nSPS) is 12.0. The molecule has 1 amide bonds. The lowest BCUT2D eigenvalue weighted by molar-refractivity contribution is -0.115. The average Bonchev–Trinajstić information content (AvgIpc) is 3.39. The Hall–Kier alpha value is -3.17. The van der Waals surface area contributed by atoms with Gasteiger partial charge in [0.05, 0.1) is 10.9 Å². The molecule has 0 fully saturated rings. The van der Waals surface area contributed by atoms with E-state index in [1.807, 2.05) is 42.0 Å². The molecule has 4 rings (SSSR count). The molecule has 7 nitrogen and oxygen atoms in total. The van der Waals surface area contributed by atoms with Gasteiger partial charge in [-0.2, -0.15) is 0 Å². The van der Waals surface area contributed by atoms with E-state index in [0.29, 0.717) is 22.7 Å². The number of rotatable bonds is 9. The number of anilines is 1. The first-order chi connectivity index (χ1) is 16.0. The maximum Gasteiger partial charge on any atom is 0.239 e. The number of thiazole rings is 1. The van der Waals surface area contributed by atoms with Gasteiger partial charge in [-0.05, 0) is 43.2 Å². The first kappa shape index (κ1) is 23.0. The number of carbonyl (C=O) groups is 1. The van der Waals surface area contributed by atoms with E-state index in [-0.39, 0.29) is 17.8 Å². The Bertz CT molecular complexity index is 1300. The van der Waals surface area contributed by atoms with Crippen molar-refractivity contribution >= 4 is 44.9 Å². The highest BCUT2D eigenvalue weighted by atomic mass is 32.2. The molecule has 1 N–H and O–H groups in total. The SMILES string of the molecule is C=CCn1c(COc2ccc3ccccc3c2C)nnc1SC(C)C(=O)Nc1nc(C)cs1. The van der Waals surface area contributed by atoms with Gasteiger partial charge in [0.1, 0.15) is 12.4 Å². The molecular formula is C24H25N5O2S2. The van der Waals surface area contributed by atoms with Gasteiger partial charge in [-0.1, -0.05) is 48.2 Å². The van der Waals surface area contributed by atoms with Gasteiger partial charge in [0, 0.05) is 11.9 Å². The fourth-order valence-electron chi connectivity index (χ4n) is 3.36. The molecule has 0 aliphatic heterocycles. The first-order valence-corrected chi connectivity index (χ1v) is 12.3. The van der Waals surface area contributed by atoms with Gasteiger partial charge >= 0.3 is 0 Å². The molecule has 0 aliphatic carbocycles. The molecule has 0 aliphatic rings. The molecule has 33 heavy (non-hydrogen) atoms. The maximum absolute atomic E-state index is 12.6. The summed E-state index contributed by atoms with van der Waals surface area (Å²) < 4.78 is 8.03. The number of ether oxygens (including phenoxy) is 1. The van der Waals surface area contributed by atoms with E-state index in [2.05, 4.69) is 52.2 Å². The molecule has 4 aromatic rings. The topological polar surface area (TPSA) is 81.9 Å². The number of nitrogens with zero attached hydrogens (tertiary/aromatic N) is 4. The molecule has 2 aromatic heterocycles. The molecule has 9 heteroatoms. The summed E-state index contributed by atoms with van der Waals surface area (Å²) in [5.41, 5.74) is 1.97. The molecule has 1 atom stereocenters. The zero-order valence-electron chi connectivity index (χ0n) is 18.7. The standard InChI is InChI=1S/C24H25N5O2S2/c1-5-12-29-21(13-31-20-11-10-18-8-6-7-9-19(18)16(20)3)27-28-24(29)33-17(4)22(30)26-23-25-15(2)14-32-23/h5-11,14,17H,1,12-13H2,2-4H3,(H,25,26,30). The monoisotopic (exact) mass is 479 g/mol. The largest absolute Gasteiger partial charge is 0.485 e. The molecule has 2 heterocycles. The van der Waals surface area contributed by atoms with Crippen molar-refractivity contribution in [2.75, 3.05) is 5.32 Å². The average molecular weight is 480 g/mol. The number of nitrogens with one attached hydrogen (secondary N) is 1. The Morgan fingerprint density at radius 3 is 2.85 bits per heavy atom. The second kappa shape index (κ2) is 10.2. The van der Waals surface area contributed by atoms with Crippen LogP contribution >= 0.6 is 23.1 Å². The predicted molar refractivity (Wildman–Crippen MR) is 134 cm³/mol. The first-order valence-electron chi connectivity index (χ1n) is 10.5. The zero-order chi connectivity index (χ0) is 23.4. The number of benzene rings is 2. The Balaban J connectivity index is 1.46.